The van der Waals surface area contributed by atoms with Crippen molar-refractivity contribution < 1.29 is 9.21 Å². The average molecular weight is 279 g/mol. The standard InChI is InChI=1S/C15H25N3O2/c1-12(2)10-16-15(19)17-11-13(14-6-5-9-20-14)18-7-3-4-8-18/h5-6,9,12-13H,3-4,7-8,10-11H2,1-2H3,(H2,16,17,19). The second kappa shape index (κ2) is 7.33. The summed E-state index contributed by atoms with van der Waals surface area (Å²) in [6.07, 6.45) is 4.13. The second-order valence-electron chi connectivity index (χ2n) is 5.76. The summed E-state index contributed by atoms with van der Waals surface area (Å²) in [5.74, 6) is 1.39. The Morgan fingerprint density at radius 1 is 1.30 bits per heavy atom. The number of urea groups is 1. The lowest BCUT2D eigenvalue weighted by atomic mass is 10.2. The fourth-order valence-corrected chi connectivity index (χ4v) is 2.49. The topological polar surface area (TPSA) is 57.5 Å². The lowest BCUT2D eigenvalue weighted by molar-refractivity contribution is 0.203. The summed E-state index contributed by atoms with van der Waals surface area (Å²) in [5.41, 5.74) is 0. The van der Waals surface area contributed by atoms with Crippen molar-refractivity contribution in [3.8, 4) is 0 Å². The van der Waals surface area contributed by atoms with E-state index in [0.717, 1.165) is 18.8 Å². The summed E-state index contributed by atoms with van der Waals surface area (Å²) in [6.45, 7) is 7.58. The third-order valence-electron chi connectivity index (χ3n) is 3.58. The lowest BCUT2D eigenvalue weighted by Crippen LogP contribution is -2.42. The van der Waals surface area contributed by atoms with Gasteiger partial charge in [0.25, 0.3) is 0 Å². The number of furan rings is 1. The molecule has 1 aliphatic heterocycles. The first-order valence-electron chi connectivity index (χ1n) is 7.46. The summed E-state index contributed by atoms with van der Waals surface area (Å²) in [7, 11) is 0. The number of nitrogens with one attached hydrogen (secondary N) is 2. The number of hydrogen-bond acceptors (Lipinski definition) is 3. The van der Waals surface area contributed by atoms with Crippen LogP contribution in [0.1, 0.15) is 38.5 Å². The number of carbonyl (C=O) groups excluding carboxylic acids is 1. The quantitative estimate of drug-likeness (QED) is 0.840. The van der Waals surface area contributed by atoms with Crippen LogP contribution in [-0.2, 0) is 0 Å². The molecule has 0 spiro atoms. The van der Waals surface area contributed by atoms with Gasteiger partial charge < -0.3 is 15.1 Å². The molecule has 112 valence electrons. The van der Waals surface area contributed by atoms with E-state index >= 15 is 0 Å². The van der Waals surface area contributed by atoms with E-state index < -0.39 is 0 Å². The first-order chi connectivity index (χ1) is 9.66. The Morgan fingerprint density at radius 2 is 2.00 bits per heavy atom. The first kappa shape index (κ1) is 14.9. The smallest absolute Gasteiger partial charge is 0.314 e. The zero-order valence-corrected chi connectivity index (χ0v) is 12.4. The average Bonchev–Trinajstić information content (AvgIpc) is 3.09. The molecular weight excluding hydrogens is 254 g/mol. The predicted molar refractivity (Wildman–Crippen MR) is 78.5 cm³/mol. The Bertz CT molecular complexity index is 397. The Balaban J connectivity index is 1.86. The molecule has 0 bridgehead atoms. The van der Waals surface area contributed by atoms with Gasteiger partial charge >= 0.3 is 6.03 Å². The van der Waals surface area contributed by atoms with Crippen LogP contribution in [0.15, 0.2) is 22.8 Å². The van der Waals surface area contributed by atoms with Crippen LogP contribution in [0.2, 0.25) is 0 Å². The largest absolute Gasteiger partial charge is 0.468 e. The van der Waals surface area contributed by atoms with Crippen molar-refractivity contribution in [3.05, 3.63) is 24.2 Å². The van der Waals surface area contributed by atoms with Crippen molar-refractivity contribution in [2.24, 2.45) is 5.92 Å². The van der Waals surface area contributed by atoms with Gasteiger partial charge in [-0.1, -0.05) is 13.8 Å². The highest BCUT2D eigenvalue weighted by atomic mass is 16.3. The summed E-state index contributed by atoms with van der Waals surface area (Å²) in [5, 5.41) is 5.83. The normalized spacial score (nSPS) is 17.4. The van der Waals surface area contributed by atoms with Gasteiger partial charge in [-0.3, -0.25) is 4.90 Å². The van der Waals surface area contributed by atoms with Gasteiger partial charge in [-0.2, -0.15) is 0 Å². The number of rotatable bonds is 6. The molecule has 0 saturated carbocycles. The molecule has 1 fully saturated rings. The molecule has 1 aromatic heterocycles. The van der Waals surface area contributed by atoms with Crippen molar-refractivity contribution in [1.82, 2.24) is 15.5 Å². The molecule has 20 heavy (non-hydrogen) atoms. The molecule has 1 aliphatic rings. The molecule has 2 rings (SSSR count). The van der Waals surface area contributed by atoms with Gasteiger partial charge in [0, 0.05) is 13.1 Å². The van der Waals surface area contributed by atoms with Crippen LogP contribution in [0.5, 0.6) is 0 Å². The molecule has 1 unspecified atom stereocenters. The maximum Gasteiger partial charge on any atom is 0.314 e. The Kier molecular flexibility index (Phi) is 5.47. The van der Waals surface area contributed by atoms with Crippen LogP contribution in [0.4, 0.5) is 4.79 Å². The van der Waals surface area contributed by atoms with Gasteiger partial charge in [-0.25, -0.2) is 4.79 Å². The van der Waals surface area contributed by atoms with E-state index in [0.29, 0.717) is 19.0 Å². The first-order valence-corrected chi connectivity index (χ1v) is 7.46. The van der Waals surface area contributed by atoms with Crippen molar-refractivity contribution in [1.29, 1.82) is 0 Å². The van der Waals surface area contributed by atoms with E-state index in [9.17, 15) is 4.79 Å². The molecule has 0 aromatic carbocycles. The highest BCUT2D eigenvalue weighted by Crippen LogP contribution is 2.24. The van der Waals surface area contributed by atoms with Crippen LogP contribution in [-0.4, -0.2) is 37.1 Å². The van der Waals surface area contributed by atoms with E-state index in [1.807, 2.05) is 12.1 Å². The molecule has 0 aliphatic carbocycles. The van der Waals surface area contributed by atoms with E-state index in [1.54, 1.807) is 6.26 Å². The third-order valence-corrected chi connectivity index (χ3v) is 3.58. The van der Waals surface area contributed by atoms with Crippen LogP contribution >= 0.6 is 0 Å². The van der Waals surface area contributed by atoms with Gasteiger partial charge in [0.05, 0.1) is 12.3 Å². The van der Waals surface area contributed by atoms with Crippen molar-refractivity contribution in [2.75, 3.05) is 26.2 Å². The van der Waals surface area contributed by atoms with E-state index in [2.05, 4.69) is 29.4 Å². The minimum Gasteiger partial charge on any atom is -0.468 e. The molecule has 0 radical (unpaired) electrons. The fraction of sp³-hybridized carbons (Fsp3) is 0.667. The number of nitrogens with zero attached hydrogens (tertiary/aromatic N) is 1. The molecule has 1 aromatic rings. The van der Waals surface area contributed by atoms with E-state index in [-0.39, 0.29) is 12.1 Å². The monoisotopic (exact) mass is 279 g/mol. The second-order valence-corrected chi connectivity index (χ2v) is 5.76. The number of likely N-dealkylation sites (tertiary alicyclic amines) is 1. The zero-order chi connectivity index (χ0) is 14.4. The van der Waals surface area contributed by atoms with Gasteiger partial charge in [0.15, 0.2) is 0 Å². The Labute approximate surface area is 120 Å². The Hall–Kier alpha value is -1.49. The van der Waals surface area contributed by atoms with Crippen LogP contribution < -0.4 is 10.6 Å². The molecule has 2 N–H and O–H groups in total. The van der Waals surface area contributed by atoms with Crippen molar-refractivity contribution >= 4 is 6.03 Å². The summed E-state index contributed by atoms with van der Waals surface area (Å²) < 4.78 is 5.53. The molecule has 5 nitrogen and oxygen atoms in total. The van der Waals surface area contributed by atoms with Crippen molar-refractivity contribution in [2.45, 2.75) is 32.7 Å². The van der Waals surface area contributed by atoms with E-state index in [4.69, 9.17) is 4.42 Å². The van der Waals surface area contributed by atoms with E-state index in [1.165, 1.54) is 12.8 Å². The van der Waals surface area contributed by atoms with Gasteiger partial charge in [0.1, 0.15) is 5.76 Å². The molecule has 2 amide bonds. The van der Waals surface area contributed by atoms with Gasteiger partial charge in [-0.05, 0) is 44.0 Å². The number of hydrogen-bond donors (Lipinski definition) is 2. The highest BCUT2D eigenvalue weighted by Gasteiger charge is 2.25. The molecule has 2 heterocycles. The molecule has 1 saturated heterocycles. The zero-order valence-electron chi connectivity index (χ0n) is 12.4. The van der Waals surface area contributed by atoms with Crippen LogP contribution in [0, 0.1) is 5.92 Å². The lowest BCUT2D eigenvalue weighted by Gasteiger charge is -2.26. The molecule has 5 heteroatoms. The Morgan fingerprint density at radius 3 is 2.60 bits per heavy atom. The van der Waals surface area contributed by atoms with Crippen LogP contribution in [0.3, 0.4) is 0 Å². The number of amides is 2. The SMILES string of the molecule is CC(C)CNC(=O)NCC(c1ccco1)N1CCCC1. The number of carbonyl (C=O) groups is 1. The van der Waals surface area contributed by atoms with Crippen molar-refractivity contribution in [3.63, 3.8) is 0 Å². The predicted octanol–water partition coefficient (Wildman–Crippen LogP) is 2.37. The minimum atomic E-state index is -0.102. The highest BCUT2D eigenvalue weighted by molar-refractivity contribution is 5.73. The summed E-state index contributed by atoms with van der Waals surface area (Å²) in [4.78, 5) is 14.1. The van der Waals surface area contributed by atoms with Gasteiger partial charge in [0.2, 0.25) is 0 Å². The van der Waals surface area contributed by atoms with Gasteiger partial charge in [-0.15, -0.1) is 0 Å². The van der Waals surface area contributed by atoms with Crippen LogP contribution in [0.25, 0.3) is 0 Å². The maximum absolute atomic E-state index is 11.8. The summed E-state index contributed by atoms with van der Waals surface area (Å²) >= 11 is 0. The maximum atomic E-state index is 11.8. The fourth-order valence-electron chi connectivity index (χ4n) is 2.49. The minimum absolute atomic E-state index is 0.102. The molecule has 1 atom stereocenters. The third kappa shape index (κ3) is 4.27. The summed E-state index contributed by atoms with van der Waals surface area (Å²) in [6, 6.07) is 3.92. The molecular formula is C15H25N3O2.